The largest absolute Gasteiger partial charge is 0.395 e. The van der Waals surface area contributed by atoms with Crippen LogP contribution in [0.5, 0.6) is 0 Å². The Labute approximate surface area is 86.7 Å². The molecule has 0 saturated carbocycles. The van der Waals surface area contributed by atoms with Gasteiger partial charge in [-0.15, -0.1) is 0 Å². The Balaban J connectivity index is 2.31. The third-order valence-corrected chi connectivity index (χ3v) is 2.98. The summed E-state index contributed by atoms with van der Waals surface area (Å²) in [5.41, 5.74) is 5.71. The van der Waals surface area contributed by atoms with Gasteiger partial charge in [0.05, 0.1) is 6.61 Å². The molecule has 0 aromatic heterocycles. The molecule has 4 heteroatoms. The molecule has 4 nitrogen and oxygen atoms in total. The van der Waals surface area contributed by atoms with Gasteiger partial charge in [-0.25, -0.2) is 0 Å². The van der Waals surface area contributed by atoms with E-state index in [9.17, 15) is 0 Å². The van der Waals surface area contributed by atoms with Crippen LogP contribution in [-0.4, -0.2) is 67.3 Å². The molecule has 0 aliphatic carbocycles. The fourth-order valence-electron chi connectivity index (χ4n) is 2.08. The van der Waals surface area contributed by atoms with E-state index in [0.717, 1.165) is 13.1 Å². The third-order valence-electron chi connectivity index (χ3n) is 2.98. The zero-order chi connectivity index (χ0) is 10.6. The van der Waals surface area contributed by atoms with Crippen LogP contribution in [0.15, 0.2) is 0 Å². The molecule has 2 unspecified atom stereocenters. The highest BCUT2D eigenvalue weighted by molar-refractivity contribution is 4.79. The lowest BCUT2D eigenvalue weighted by Gasteiger charge is -2.36. The molecule has 84 valence electrons. The number of hydrogen-bond acceptors (Lipinski definition) is 4. The Bertz CT molecular complexity index is 165. The monoisotopic (exact) mass is 201 g/mol. The first-order valence-electron chi connectivity index (χ1n) is 5.38. The first kappa shape index (κ1) is 11.9. The normalized spacial score (nSPS) is 26.8. The maximum atomic E-state index is 8.87. The van der Waals surface area contributed by atoms with Crippen molar-refractivity contribution < 1.29 is 5.11 Å². The van der Waals surface area contributed by atoms with Gasteiger partial charge in [0.15, 0.2) is 0 Å². The van der Waals surface area contributed by atoms with Gasteiger partial charge in [0.2, 0.25) is 0 Å². The molecule has 0 spiro atoms. The van der Waals surface area contributed by atoms with Crippen molar-refractivity contribution in [2.75, 3.05) is 40.3 Å². The van der Waals surface area contributed by atoms with Gasteiger partial charge < -0.3 is 20.6 Å². The summed E-state index contributed by atoms with van der Waals surface area (Å²) >= 11 is 0. The molecule has 3 N–H and O–H groups in total. The Hall–Kier alpha value is -0.160. The molecule has 1 rings (SSSR count). The van der Waals surface area contributed by atoms with Crippen LogP contribution in [0, 0.1) is 0 Å². The second-order valence-corrected chi connectivity index (χ2v) is 4.44. The van der Waals surface area contributed by atoms with Crippen molar-refractivity contribution in [1.82, 2.24) is 9.80 Å². The van der Waals surface area contributed by atoms with Gasteiger partial charge in [0, 0.05) is 25.2 Å². The number of nitrogens with two attached hydrogens (primary N) is 1. The number of piperidine rings is 1. The highest BCUT2D eigenvalue weighted by Crippen LogP contribution is 2.13. The molecule has 1 aliphatic heterocycles. The Kier molecular flexibility index (Phi) is 4.81. The van der Waals surface area contributed by atoms with Gasteiger partial charge in [-0.05, 0) is 33.5 Å². The summed E-state index contributed by atoms with van der Waals surface area (Å²) in [6.07, 6.45) is 2.51. The van der Waals surface area contributed by atoms with E-state index in [2.05, 4.69) is 23.9 Å². The molecule has 0 amide bonds. The Morgan fingerprint density at radius 1 is 1.64 bits per heavy atom. The van der Waals surface area contributed by atoms with Crippen LogP contribution in [0.2, 0.25) is 0 Å². The van der Waals surface area contributed by atoms with Crippen molar-refractivity contribution >= 4 is 0 Å². The quantitative estimate of drug-likeness (QED) is 0.633. The number of rotatable bonds is 4. The minimum absolute atomic E-state index is 0.0763. The topological polar surface area (TPSA) is 52.7 Å². The van der Waals surface area contributed by atoms with Crippen molar-refractivity contribution in [3.05, 3.63) is 0 Å². The number of likely N-dealkylation sites (N-methyl/N-ethyl adjacent to an activating group) is 2. The van der Waals surface area contributed by atoms with E-state index in [1.54, 1.807) is 0 Å². The first-order valence-corrected chi connectivity index (χ1v) is 5.38. The number of aliphatic hydroxyl groups is 1. The van der Waals surface area contributed by atoms with Gasteiger partial charge in [-0.3, -0.25) is 0 Å². The molecule has 14 heavy (non-hydrogen) atoms. The molecular weight excluding hydrogens is 178 g/mol. The average Bonchev–Trinajstić information content (AvgIpc) is 2.17. The molecular formula is C10H23N3O. The van der Waals surface area contributed by atoms with Crippen LogP contribution < -0.4 is 5.73 Å². The lowest BCUT2D eigenvalue weighted by atomic mass is 10.0. The SMILES string of the molecule is CN1CCCC(N(C)CC(N)CO)C1. The molecule has 2 atom stereocenters. The summed E-state index contributed by atoms with van der Waals surface area (Å²) in [5, 5.41) is 8.87. The van der Waals surface area contributed by atoms with Crippen LogP contribution >= 0.6 is 0 Å². The number of nitrogens with zero attached hydrogens (tertiary/aromatic N) is 2. The lowest BCUT2D eigenvalue weighted by molar-refractivity contribution is 0.119. The predicted octanol–water partition coefficient (Wildman–Crippen LogP) is -0.668. The Morgan fingerprint density at radius 2 is 2.36 bits per heavy atom. The molecule has 1 fully saturated rings. The van der Waals surface area contributed by atoms with E-state index in [1.165, 1.54) is 19.4 Å². The van der Waals surface area contributed by atoms with Gasteiger partial charge in [0.25, 0.3) is 0 Å². The van der Waals surface area contributed by atoms with Crippen molar-refractivity contribution in [1.29, 1.82) is 0 Å². The zero-order valence-electron chi connectivity index (χ0n) is 9.32. The summed E-state index contributed by atoms with van der Waals surface area (Å²) in [6, 6.07) is 0.499. The highest BCUT2D eigenvalue weighted by Gasteiger charge is 2.21. The number of hydrogen-bond donors (Lipinski definition) is 2. The average molecular weight is 201 g/mol. The first-order chi connectivity index (χ1) is 6.63. The summed E-state index contributed by atoms with van der Waals surface area (Å²) < 4.78 is 0. The molecule has 0 radical (unpaired) electrons. The second kappa shape index (κ2) is 5.66. The maximum absolute atomic E-state index is 8.87. The van der Waals surface area contributed by atoms with Crippen LogP contribution in [0.25, 0.3) is 0 Å². The van der Waals surface area contributed by atoms with E-state index in [-0.39, 0.29) is 12.6 Å². The van der Waals surface area contributed by atoms with Crippen LogP contribution in [-0.2, 0) is 0 Å². The minimum Gasteiger partial charge on any atom is -0.395 e. The number of aliphatic hydroxyl groups excluding tert-OH is 1. The smallest absolute Gasteiger partial charge is 0.0595 e. The minimum atomic E-state index is -0.104. The van der Waals surface area contributed by atoms with E-state index >= 15 is 0 Å². The van der Waals surface area contributed by atoms with Crippen molar-refractivity contribution in [2.24, 2.45) is 5.73 Å². The van der Waals surface area contributed by atoms with Crippen LogP contribution in [0.3, 0.4) is 0 Å². The van der Waals surface area contributed by atoms with Crippen molar-refractivity contribution in [3.8, 4) is 0 Å². The molecule has 0 bridgehead atoms. The fourth-order valence-corrected chi connectivity index (χ4v) is 2.08. The van der Waals surface area contributed by atoms with Crippen molar-refractivity contribution in [3.63, 3.8) is 0 Å². The fraction of sp³-hybridized carbons (Fsp3) is 1.00. The van der Waals surface area contributed by atoms with Gasteiger partial charge >= 0.3 is 0 Å². The molecule has 1 aliphatic rings. The van der Waals surface area contributed by atoms with Gasteiger partial charge in [0.1, 0.15) is 0 Å². The molecule has 0 aromatic rings. The van der Waals surface area contributed by atoms with Gasteiger partial charge in [-0.1, -0.05) is 0 Å². The maximum Gasteiger partial charge on any atom is 0.0595 e. The second-order valence-electron chi connectivity index (χ2n) is 4.44. The predicted molar refractivity (Wildman–Crippen MR) is 58.2 cm³/mol. The standard InChI is InChI=1S/C10H23N3O/c1-12-5-3-4-10(7-12)13(2)6-9(11)8-14/h9-10,14H,3-8,11H2,1-2H3. The van der Waals surface area contributed by atoms with E-state index < -0.39 is 0 Å². The number of likely N-dealkylation sites (tertiary alicyclic amines) is 1. The van der Waals surface area contributed by atoms with Gasteiger partial charge in [-0.2, -0.15) is 0 Å². The lowest BCUT2D eigenvalue weighted by Crippen LogP contribution is -2.49. The Morgan fingerprint density at radius 3 is 2.93 bits per heavy atom. The summed E-state index contributed by atoms with van der Waals surface area (Å²) in [4.78, 5) is 4.63. The van der Waals surface area contributed by atoms with Crippen LogP contribution in [0.1, 0.15) is 12.8 Å². The zero-order valence-corrected chi connectivity index (χ0v) is 9.32. The summed E-state index contributed by atoms with van der Waals surface area (Å²) in [5.74, 6) is 0. The molecule has 1 saturated heterocycles. The third kappa shape index (κ3) is 3.53. The van der Waals surface area contributed by atoms with E-state index in [4.69, 9.17) is 10.8 Å². The molecule has 0 aromatic carbocycles. The highest BCUT2D eigenvalue weighted by atomic mass is 16.3. The van der Waals surface area contributed by atoms with E-state index in [1.807, 2.05) is 0 Å². The molecule has 1 heterocycles. The van der Waals surface area contributed by atoms with Crippen LogP contribution in [0.4, 0.5) is 0 Å². The summed E-state index contributed by atoms with van der Waals surface area (Å²) in [6.45, 7) is 3.19. The summed E-state index contributed by atoms with van der Waals surface area (Å²) in [7, 11) is 4.26. The van der Waals surface area contributed by atoms with Crippen molar-refractivity contribution in [2.45, 2.75) is 24.9 Å². The van der Waals surface area contributed by atoms with E-state index in [0.29, 0.717) is 6.04 Å².